The Hall–Kier alpha value is -4.34. The summed E-state index contributed by atoms with van der Waals surface area (Å²) < 4.78 is 16.8. The quantitative estimate of drug-likeness (QED) is 0.394. The number of fused-ring (bicyclic) bond motifs is 3. The highest BCUT2D eigenvalue weighted by atomic mass is 16.6. The molecule has 0 radical (unpaired) electrons. The van der Waals surface area contributed by atoms with E-state index in [-0.39, 0.29) is 37.1 Å². The predicted molar refractivity (Wildman–Crippen MR) is 150 cm³/mol. The van der Waals surface area contributed by atoms with E-state index in [9.17, 15) is 19.5 Å². The molecular weight excluding hydrogens is 526 g/mol. The molecule has 0 bridgehead atoms. The third kappa shape index (κ3) is 6.37. The molecule has 1 unspecified atom stereocenters. The van der Waals surface area contributed by atoms with Crippen molar-refractivity contribution in [1.29, 1.82) is 0 Å². The molecule has 1 N–H and O–H groups in total. The van der Waals surface area contributed by atoms with Crippen molar-refractivity contribution in [3.8, 4) is 11.1 Å². The first-order valence-electron chi connectivity index (χ1n) is 13.9. The number of carbonyl (C=O) groups excluding carboxylic acids is 2. The van der Waals surface area contributed by atoms with Crippen molar-refractivity contribution >= 4 is 18.2 Å². The molecule has 0 spiro atoms. The first-order valence-corrected chi connectivity index (χ1v) is 13.9. The summed E-state index contributed by atoms with van der Waals surface area (Å²) in [6.07, 6.45) is 1.16. The van der Waals surface area contributed by atoms with Crippen LogP contribution in [0.25, 0.3) is 11.1 Å². The molecule has 1 fully saturated rings. The number of likely N-dealkylation sites (tertiary alicyclic amines) is 1. The number of benzene rings is 2. The van der Waals surface area contributed by atoms with Gasteiger partial charge in [0.25, 0.3) is 0 Å². The van der Waals surface area contributed by atoms with E-state index in [4.69, 9.17) is 14.0 Å². The molecule has 2 aliphatic rings. The first-order chi connectivity index (χ1) is 19.6. The lowest BCUT2D eigenvalue weighted by Crippen LogP contribution is -2.48. The molecule has 1 aliphatic heterocycles. The molecule has 41 heavy (non-hydrogen) atoms. The fourth-order valence-electron chi connectivity index (χ4n) is 5.54. The summed E-state index contributed by atoms with van der Waals surface area (Å²) in [5.41, 5.74) is 3.54. The van der Waals surface area contributed by atoms with Crippen molar-refractivity contribution in [2.24, 2.45) is 0 Å². The Bertz CT molecular complexity index is 1380. The Morgan fingerprint density at radius 1 is 1.05 bits per heavy atom. The second-order valence-electron chi connectivity index (χ2n) is 11.5. The van der Waals surface area contributed by atoms with Crippen LogP contribution in [-0.2, 0) is 16.0 Å². The lowest BCUT2D eigenvalue weighted by atomic mass is 9.98. The van der Waals surface area contributed by atoms with E-state index in [2.05, 4.69) is 29.4 Å². The minimum absolute atomic E-state index is 0.0518. The molecule has 10 heteroatoms. The topological polar surface area (TPSA) is 122 Å². The molecule has 216 valence electrons. The maximum absolute atomic E-state index is 13.8. The third-order valence-electron chi connectivity index (χ3n) is 7.41. The van der Waals surface area contributed by atoms with Gasteiger partial charge in [-0.05, 0) is 62.3 Å². The number of nitrogens with zero attached hydrogens (tertiary/aromatic N) is 3. The smallest absolute Gasteiger partial charge is 0.410 e. The van der Waals surface area contributed by atoms with Gasteiger partial charge in [-0.2, -0.15) is 0 Å². The number of carboxylic acid groups (broad SMARTS) is 1. The maximum Gasteiger partial charge on any atom is 0.410 e. The fourth-order valence-corrected chi connectivity index (χ4v) is 5.54. The fraction of sp³-hybridized carbons (Fsp3) is 0.419. The SMILES string of the molecule is CC(C)(C)OC(=O)N1CCCCC(N(Cc2cc(C(=O)O)no2)C(=O)OCC2c3ccccc3-c3ccccc32)C1. The van der Waals surface area contributed by atoms with Gasteiger partial charge in [0.2, 0.25) is 0 Å². The predicted octanol–water partition coefficient (Wildman–Crippen LogP) is 5.91. The molecule has 0 saturated carbocycles. The summed E-state index contributed by atoms with van der Waals surface area (Å²) in [6, 6.07) is 17.1. The van der Waals surface area contributed by atoms with Crippen LogP contribution in [0.3, 0.4) is 0 Å². The van der Waals surface area contributed by atoms with Crippen LogP contribution in [-0.4, -0.2) is 69.6 Å². The average molecular weight is 562 g/mol. The zero-order chi connectivity index (χ0) is 29.1. The lowest BCUT2D eigenvalue weighted by molar-refractivity contribution is 0.0183. The molecule has 1 aromatic heterocycles. The van der Waals surface area contributed by atoms with Crippen molar-refractivity contribution in [1.82, 2.24) is 15.0 Å². The molecule has 5 rings (SSSR count). The molecule has 2 heterocycles. The van der Waals surface area contributed by atoms with Gasteiger partial charge in [-0.1, -0.05) is 53.7 Å². The minimum Gasteiger partial charge on any atom is -0.476 e. The number of ether oxygens (including phenoxy) is 2. The van der Waals surface area contributed by atoms with E-state index in [1.54, 1.807) is 4.90 Å². The summed E-state index contributed by atoms with van der Waals surface area (Å²) in [5.74, 6) is -1.13. The number of aromatic nitrogens is 1. The van der Waals surface area contributed by atoms with Crippen LogP contribution in [0.5, 0.6) is 0 Å². The summed E-state index contributed by atoms with van der Waals surface area (Å²) in [4.78, 5) is 41.2. The van der Waals surface area contributed by atoms with Crippen molar-refractivity contribution < 1.29 is 33.5 Å². The molecule has 1 atom stereocenters. The largest absolute Gasteiger partial charge is 0.476 e. The number of carboxylic acids is 1. The Kier molecular flexibility index (Phi) is 8.01. The molecule has 1 saturated heterocycles. The summed E-state index contributed by atoms with van der Waals surface area (Å²) >= 11 is 0. The van der Waals surface area contributed by atoms with Gasteiger partial charge in [-0.25, -0.2) is 14.4 Å². The molecular formula is C31H35N3O7. The van der Waals surface area contributed by atoms with Gasteiger partial charge in [-0.3, -0.25) is 4.90 Å². The zero-order valence-corrected chi connectivity index (χ0v) is 23.5. The Labute approximate surface area is 238 Å². The van der Waals surface area contributed by atoms with Gasteiger partial charge in [0.1, 0.15) is 12.2 Å². The summed E-state index contributed by atoms with van der Waals surface area (Å²) in [6.45, 7) is 6.27. The second-order valence-corrected chi connectivity index (χ2v) is 11.5. The van der Waals surface area contributed by atoms with Gasteiger partial charge in [0.15, 0.2) is 11.5 Å². The van der Waals surface area contributed by atoms with E-state index in [0.29, 0.717) is 13.0 Å². The van der Waals surface area contributed by atoms with Crippen LogP contribution in [0.2, 0.25) is 0 Å². The molecule has 3 aromatic rings. The monoisotopic (exact) mass is 561 g/mol. The second kappa shape index (κ2) is 11.6. The third-order valence-corrected chi connectivity index (χ3v) is 7.41. The number of hydrogen-bond acceptors (Lipinski definition) is 7. The highest BCUT2D eigenvalue weighted by Crippen LogP contribution is 2.44. The van der Waals surface area contributed by atoms with Crippen LogP contribution < -0.4 is 0 Å². The van der Waals surface area contributed by atoms with Crippen molar-refractivity contribution in [2.75, 3.05) is 19.7 Å². The van der Waals surface area contributed by atoms with E-state index < -0.39 is 29.8 Å². The highest BCUT2D eigenvalue weighted by molar-refractivity contribution is 5.85. The molecule has 2 aromatic carbocycles. The summed E-state index contributed by atoms with van der Waals surface area (Å²) in [5, 5.41) is 12.9. The highest BCUT2D eigenvalue weighted by Gasteiger charge is 2.35. The Morgan fingerprint density at radius 3 is 2.32 bits per heavy atom. The average Bonchev–Trinajstić information content (AvgIpc) is 3.44. The van der Waals surface area contributed by atoms with E-state index in [1.165, 1.54) is 11.0 Å². The molecule has 10 nitrogen and oxygen atoms in total. The maximum atomic E-state index is 13.8. The Balaban J connectivity index is 1.38. The van der Waals surface area contributed by atoms with E-state index in [1.807, 2.05) is 45.0 Å². The van der Waals surface area contributed by atoms with Crippen molar-refractivity contribution in [2.45, 2.75) is 64.1 Å². The standard InChI is InChI=1S/C31H35N3O7/c1-31(2,3)40-29(37)33-15-9-8-10-20(17-33)34(18-21-16-27(28(35)36)32-41-21)30(38)39-19-26-24-13-6-4-11-22(24)23-12-5-7-14-25(23)26/h4-7,11-14,16,20,26H,8-10,15,17-19H2,1-3H3,(H,35,36). The van der Waals surface area contributed by atoms with Crippen molar-refractivity contribution in [3.63, 3.8) is 0 Å². The van der Waals surface area contributed by atoms with Gasteiger partial charge in [-0.15, -0.1) is 0 Å². The number of hydrogen-bond donors (Lipinski definition) is 1. The number of amides is 2. The van der Waals surface area contributed by atoms with E-state index >= 15 is 0 Å². The zero-order valence-electron chi connectivity index (χ0n) is 23.5. The Morgan fingerprint density at radius 2 is 1.71 bits per heavy atom. The number of carbonyl (C=O) groups is 3. The number of rotatable bonds is 6. The van der Waals surface area contributed by atoms with Crippen LogP contribution in [0.1, 0.15) is 73.3 Å². The van der Waals surface area contributed by atoms with Crippen LogP contribution in [0, 0.1) is 0 Å². The van der Waals surface area contributed by atoms with Gasteiger partial charge in [0, 0.05) is 25.1 Å². The van der Waals surface area contributed by atoms with Crippen LogP contribution in [0.4, 0.5) is 9.59 Å². The normalized spacial score (nSPS) is 16.9. The van der Waals surface area contributed by atoms with E-state index in [0.717, 1.165) is 35.1 Å². The molecule has 1 aliphatic carbocycles. The van der Waals surface area contributed by atoms with Crippen molar-refractivity contribution in [3.05, 3.63) is 77.2 Å². The lowest BCUT2D eigenvalue weighted by Gasteiger charge is -2.33. The van der Waals surface area contributed by atoms with Gasteiger partial charge in [0.05, 0.1) is 12.6 Å². The molecule has 2 amide bonds. The minimum atomic E-state index is -1.22. The van der Waals surface area contributed by atoms with Crippen LogP contribution in [0.15, 0.2) is 59.1 Å². The van der Waals surface area contributed by atoms with Gasteiger partial charge < -0.3 is 24.0 Å². The van der Waals surface area contributed by atoms with Gasteiger partial charge >= 0.3 is 18.2 Å². The summed E-state index contributed by atoms with van der Waals surface area (Å²) in [7, 11) is 0. The first kappa shape index (κ1) is 28.2. The van der Waals surface area contributed by atoms with Crippen LogP contribution >= 0.6 is 0 Å². The number of aromatic carboxylic acids is 1.